The molecule has 0 saturated carbocycles. The Kier molecular flexibility index (Phi) is 2.99. The zero-order valence-corrected chi connectivity index (χ0v) is 9.73. The van der Waals surface area contributed by atoms with Gasteiger partial charge in [-0.1, -0.05) is 0 Å². The van der Waals surface area contributed by atoms with E-state index in [9.17, 15) is 0 Å². The van der Waals surface area contributed by atoms with Gasteiger partial charge in [-0.05, 0) is 32.0 Å². The summed E-state index contributed by atoms with van der Waals surface area (Å²) in [4.78, 5) is 6.77. The molecule has 86 valence electrons. The predicted molar refractivity (Wildman–Crippen MR) is 66.4 cm³/mol. The van der Waals surface area contributed by atoms with Crippen molar-refractivity contribution in [1.29, 1.82) is 0 Å². The van der Waals surface area contributed by atoms with Gasteiger partial charge in [-0.3, -0.25) is 0 Å². The second kappa shape index (κ2) is 4.43. The van der Waals surface area contributed by atoms with Crippen molar-refractivity contribution >= 4 is 17.2 Å². The van der Waals surface area contributed by atoms with Gasteiger partial charge in [0.05, 0.1) is 0 Å². The number of nitrogens with two attached hydrogens (primary N) is 1. The first-order chi connectivity index (χ1) is 7.74. The predicted octanol–water partition coefficient (Wildman–Crippen LogP) is 2.03. The van der Waals surface area contributed by atoms with Crippen molar-refractivity contribution in [1.82, 2.24) is 4.90 Å². The van der Waals surface area contributed by atoms with E-state index < -0.39 is 0 Å². The molecule has 0 atom stereocenters. The lowest BCUT2D eigenvalue weighted by Crippen LogP contribution is -2.35. The van der Waals surface area contributed by atoms with Crippen molar-refractivity contribution in [2.45, 2.75) is 13.8 Å². The highest BCUT2D eigenvalue weighted by molar-refractivity contribution is 5.89. The van der Waals surface area contributed by atoms with Crippen LogP contribution >= 0.6 is 0 Å². The summed E-state index contributed by atoms with van der Waals surface area (Å²) < 4.78 is 5.65. The van der Waals surface area contributed by atoms with Gasteiger partial charge < -0.3 is 15.4 Å². The molecule has 0 fully saturated rings. The number of fused-ring (bicyclic) bond motifs is 1. The molecule has 2 N–H and O–H groups in total. The summed E-state index contributed by atoms with van der Waals surface area (Å²) in [5.74, 6) is 1.79. The van der Waals surface area contributed by atoms with Gasteiger partial charge in [0.15, 0.2) is 0 Å². The maximum atomic E-state index is 5.73. The van der Waals surface area contributed by atoms with Gasteiger partial charge in [-0.25, -0.2) is 4.99 Å². The number of nitrogens with zero attached hydrogens (tertiary/aromatic N) is 2. The molecule has 0 radical (unpaired) electrons. The van der Waals surface area contributed by atoms with Crippen molar-refractivity contribution in [2.75, 3.05) is 25.4 Å². The van der Waals surface area contributed by atoms with E-state index in [1.807, 2.05) is 18.2 Å². The van der Waals surface area contributed by atoms with Crippen molar-refractivity contribution in [2.24, 2.45) is 4.99 Å². The number of likely N-dealkylation sites (N-methyl/N-ethyl adjacent to an activating group) is 1. The number of rotatable bonds is 2. The highest BCUT2D eigenvalue weighted by Gasteiger charge is 2.16. The number of benzene rings is 1. The zero-order valence-electron chi connectivity index (χ0n) is 9.73. The highest BCUT2D eigenvalue weighted by Crippen LogP contribution is 2.32. The monoisotopic (exact) mass is 219 g/mol. The fourth-order valence-corrected chi connectivity index (χ4v) is 1.81. The minimum Gasteiger partial charge on any atom is -0.483 e. The Morgan fingerprint density at radius 1 is 1.38 bits per heavy atom. The molecule has 1 heterocycles. The van der Waals surface area contributed by atoms with Crippen molar-refractivity contribution < 1.29 is 4.74 Å². The third-order valence-electron chi connectivity index (χ3n) is 2.72. The number of nitrogen functional groups attached to an aromatic ring is 1. The lowest BCUT2D eigenvalue weighted by molar-refractivity contribution is 0.337. The molecule has 0 saturated heterocycles. The molecule has 1 aliphatic heterocycles. The van der Waals surface area contributed by atoms with Crippen LogP contribution in [0.5, 0.6) is 5.75 Å². The Balaban J connectivity index is 2.32. The van der Waals surface area contributed by atoms with Crippen LogP contribution in [0.25, 0.3) is 0 Å². The molecule has 2 rings (SSSR count). The van der Waals surface area contributed by atoms with E-state index >= 15 is 0 Å². The van der Waals surface area contributed by atoms with Gasteiger partial charge in [0, 0.05) is 18.8 Å². The second-order valence-corrected chi connectivity index (χ2v) is 3.72. The van der Waals surface area contributed by atoms with E-state index in [0.717, 1.165) is 30.4 Å². The van der Waals surface area contributed by atoms with Crippen molar-refractivity contribution in [3.8, 4) is 5.75 Å². The van der Waals surface area contributed by atoms with Gasteiger partial charge in [0.1, 0.15) is 23.9 Å². The molecule has 0 aliphatic carbocycles. The van der Waals surface area contributed by atoms with Gasteiger partial charge in [0.2, 0.25) is 0 Å². The van der Waals surface area contributed by atoms with Crippen LogP contribution in [0.4, 0.5) is 11.4 Å². The average Bonchev–Trinajstić information content (AvgIpc) is 2.30. The highest BCUT2D eigenvalue weighted by atomic mass is 16.5. The van der Waals surface area contributed by atoms with E-state index in [1.165, 1.54) is 0 Å². The summed E-state index contributed by atoms with van der Waals surface area (Å²) in [7, 11) is 0. The molecule has 4 heteroatoms. The number of hydrogen-bond acceptors (Lipinski definition) is 4. The summed E-state index contributed by atoms with van der Waals surface area (Å²) in [6.07, 6.45) is 0. The molecule has 1 aromatic rings. The van der Waals surface area contributed by atoms with Crippen LogP contribution < -0.4 is 10.5 Å². The van der Waals surface area contributed by atoms with Crippen LogP contribution in [0.2, 0.25) is 0 Å². The van der Waals surface area contributed by atoms with Crippen molar-refractivity contribution in [3.05, 3.63) is 18.2 Å². The quantitative estimate of drug-likeness (QED) is 0.774. The molecule has 0 amide bonds. The summed E-state index contributed by atoms with van der Waals surface area (Å²) in [5, 5.41) is 0. The zero-order chi connectivity index (χ0) is 11.5. The van der Waals surface area contributed by atoms with Crippen LogP contribution in [0.1, 0.15) is 13.8 Å². The molecule has 1 aromatic carbocycles. The molecule has 0 unspecified atom stereocenters. The Labute approximate surface area is 95.7 Å². The third-order valence-corrected chi connectivity index (χ3v) is 2.72. The molecule has 0 bridgehead atoms. The summed E-state index contributed by atoms with van der Waals surface area (Å²) >= 11 is 0. The number of aliphatic imine (C=N–C) groups is 1. The summed E-state index contributed by atoms with van der Waals surface area (Å²) in [6, 6.07) is 5.54. The molecular weight excluding hydrogens is 202 g/mol. The lowest BCUT2D eigenvalue weighted by atomic mass is 10.2. The number of anilines is 1. The maximum Gasteiger partial charge on any atom is 0.146 e. The minimum atomic E-state index is 0.540. The Morgan fingerprint density at radius 3 is 2.81 bits per heavy atom. The largest absolute Gasteiger partial charge is 0.483 e. The van der Waals surface area contributed by atoms with Crippen LogP contribution in [0.15, 0.2) is 23.2 Å². The normalized spacial score (nSPS) is 13.8. The van der Waals surface area contributed by atoms with Gasteiger partial charge in [0.25, 0.3) is 0 Å². The standard InChI is InChI=1S/C12H17N3O/c1-3-15(4-2)12-8-16-11-6-5-9(13)7-10(11)14-12/h5-7H,3-4,8,13H2,1-2H3. The lowest BCUT2D eigenvalue weighted by Gasteiger charge is -2.26. The Hall–Kier alpha value is -1.71. The fourth-order valence-electron chi connectivity index (χ4n) is 1.81. The minimum absolute atomic E-state index is 0.540. The van der Waals surface area contributed by atoms with Crippen LogP contribution in [-0.2, 0) is 0 Å². The second-order valence-electron chi connectivity index (χ2n) is 3.72. The van der Waals surface area contributed by atoms with E-state index in [4.69, 9.17) is 10.5 Å². The van der Waals surface area contributed by atoms with Gasteiger partial charge in [-0.15, -0.1) is 0 Å². The van der Waals surface area contributed by atoms with Crippen LogP contribution in [-0.4, -0.2) is 30.4 Å². The third kappa shape index (κ3) is 1.96. The molecule has 4 nitrogen and oxygen atoms in total. The number of amidine groups is 1. The SMILES string of the molecule is CCN(CC)C1=Nc2cc(N)ccc2OC1. The van der Waals surface area contributed by atoms with E-state index in [-0.39, 0.29) is 0 Å². The summed E-state index contributed by atoms with van der Waals surface area (Å²) in [6.45, 7) is 6.65. The topological polar surface area (TPSA) is 50.8 Å². The average molecular weight is 219 g/mol. The van der Waals surface area contributed by atoms with Crippen LogP contribution in [0, 0.1) is 0 Å². The first-order valence-corrected chi connectivity index (χ1v) is 5.59. The van der Waals surface area contributed by atoms with E-state index in [1.54, 1.807) is 0 Å². The molecule has 0 spiro atoms. The Bertz CT molecular complexity index is 411. The number of hydrogen-bond donors (Lipinski definition) is 1. The molecule has 16 heavy (non-hydrogen) atoms. The van der Waals surface area contributed by atoms with Gasteiger partial charge in [-0.2, -0.15) is 0 Å². The van der Waals surface area contributed by atoms with Crippen LogP contribution in [0.3, 0.4) is 0 Å². The number of ether oxygens (including phenoxy) is 1. The maximum absolute atomic E-state index is 5.73. The Morgan fingerprint density at radius 2 is 2.12 bits per heavy atom. The molecule has 0 aromatic heterocycles. The van der Waals surface area contributed by atoms with E-state index in [2.05, 4.69) is 23.7 Å². The van der Waals surface area contributed by atoms with Crippen molar-refractivity contribution in [3.63, 3.8) is 0 Å². The first-order valence-electron chi connectivity index (χ1n) is 5.59. The first kappa shape index (κ1) is 10.8. The molecule has 1 aliphatic rings. The fraction of sp³-hybridized carbons (Fsp3) is 0.417. The smallest absolute Gasteiger partial charge is 0.146 e. The van der Waals surface area contributed by atoms with E-state index in [0.29, 0.717) is 12.3 Å². The molecular formula is C12H17N3O. The summed E-state index contributed by atoms with van der Waals surface area (Å²) in [5.41, 5.74) is 7.27. The van der Waals surface area contributed by atoms with Gasteiger partial charge >= 0.3 is 0 Å².